The first-order chi connectivity index (χ1) is 9.76. The number of fused-ring (bicyclic) bond motifs is 1. The first kappa shape index (κ1) is 14.3. The van der Waals surface area contributed by atoms with Crippen LogP contribution in [0.4, 0.5) is 0 Å². The van der Waals surface area contributed by atoms with Crippen LogP contribution in [0.15, 0.2) is 0 Å². The van der Waals surface area contributed by atoms with Gasteiger partial charge in [0.1, 0.15) is 0 Å². The summed E-state index contributed by atoms with van der Waals surface area (Å²) in [6.45, 7) is 5.60. The number of hydrogen-bond acceptors (Lipinski definition) is 3. The lowest BCUT2D eigenvalue weighted by atomic mass is 9.85. The molecule has 0 bridgehead atoms. The molecular formula is C16H29N3O. The van der Waals surface area contributed by atoms with Crippen LogP contribution in [0.5, 0.6) is 0 Å². The second-order valence-corrected chi connectivity index (χ2v) is 6.82. The van der Waals surface area contributed by atoms with Crippen LogP contribution in [-0.4, -0.2) is 48.6 Å². The molecule has 3 atom stereocenters. The van der Waals surface area contributed by atoms with Crippen LogP contribution < -0.4 is 10.6 Å². The Morgan fingerprint density at radius 3 is 2.65 bits per heavy atom. The summed E-state index contributed by atoms with van der Waals surface area (Å²) in [6.07, 6.45) is 8.55. The van der Waals surface area contributed by atoms with Crippen LogP contribution in [0.1, 0.15) is 51.9 Å². The van der Waals surface area contributed by atoms with Crippen molar-refractivity contribution in [3.63, 3.8) is 0 Å². The molecule has 0 radical (unpaired) electrons. The van der Waals surface area contributed by atoms with E-state index in [4.69, 9.17) is 0 Å². The van der Waals surface area contributed by atoms with Gasteiger partial charge in [0.15, 0.2) is 0 Å². The number of rotatable bonds is 3. The Labute approximate surface area is 122 Å². The van der Waals surface area contributed by atoms with E-state index in [0.717, 1.165) is 44.8 Å². The van der Waals surface area contributed by atoms with E-state index in [1.165, 1.54) is 25.7 Å². The summed E-state index contributed by atoms with van der Waals surface area (Å²) < 4.78 is 0. The summed E-state index contributed by atoms with van der Waals surface area (Å²) in [6, 6.07) is 1.09. The van der Waals surface area contributed by atoms with Crippen molar-refractivity contribution in [1.82, 2.24) is 15.5 Å². The van der Waals surface area contributed by atoms with Crippen molar-refractivity contribution >= 4 is 5.91 Å². The van der Waals surface area contributed by atoms with Crippen LogP contribution in [-0.2, 0) is 4.79 Å². The van der Waals surface area contributed by atoms with Gasteiger partial charge in [0.2, 0.25) is 5.91 Å². The van der Waals surface area contributed by atoms with Gasteiger partial charge >= 0.3 is 0 Å². The first-order valence-corrected chi connectivity index (χ1v) is 8.55. The summed E-state index contributed by atoms with van der Waals surface area (Å²) >= 11 is 0. The van der Waals surface area contributed by atoms with E-state index in [9.17, 15) is 4.79 Å². The minimum Gasteiger partial charge on any atom is -0.352 e. The van der Waals surface area contributed by atoms with E-state index >= 15 is 0 Å². The van der Waals surface area contributed by atoms with Crippen LogP contribution in [0, 0.1) is 5.92 Å². The molecule has 2 saturated heterocycles. The van der Waals surface area contributed by atoms with Gasteiger partial charge in [-0.1, -0.05) is 19.8 Å². The largest absolute Gasteiger partial charge is 0.352 e. The highest BCUT2D eigenvalue weighted by molar-refractivity contribution is 5.82. The second kappa shape index (κ2) is 6.44. The van der Waals surface area contributed by atoms with Crippen molar-refractivity contribution in [2.45, 2.75) is 70.0 Å². The number of likely N-dealkylation sites (tertiary alicyclic amines) is 1. The van der Waals surface area contributed by atoms with Gasteiger partial charge in [0.25, 0.3) is 0 Å². The van der Waals surface area contributed by atoms with E-state index in [0.29, 0.717) is 12.1 Å². The second-order valence-electron chi connectivity index (χ2n) is 6.82. The van der Waals surface area contributed by atoms with Gasteiger partial charge in [-0.15, -0.1) is 0 Å². The molecule has 114 valence electrons. The number of carbonyl (C=O) groups is 1. The zero-order valence-corrected chi connectivity index (χ0v) is 12.7. The third-order valence-corrected chi connectivity index (χ3v) is 5.56. The molecule has 2 heterocycles. The maximum Gasteiger partial charge on any atom is 0.237 e. The fourth-order valence-electron chi connectivity index (χ4n) is 4.22. The van der Waals surface area contributed by atoms with Gasteiger partial charge in [-0.25, -0.2) is 0 Å². The molecular weight excluding hydrogens is 250 g/mol. The Balaban J connectivity index is 1.45. The summed E-state index contributed by atoms with van der Waals surface area (Å²) in [4.78, 5) is 14.9. The smallest absolute Gasteiger partial charge is 0.237 e. The van der Waals surface area contributed by atoms with Gasteiger partial charge < -0.3 is 15.5 Å². The molecule has 1 amide bonds. The van der Waals surface area contributed by atoms with E-state index in [1.54, 1.807) is 0 Å². The SMILES string of the molecule is CCN1CCC(NC(=O)C2CC3CCCCC3N2)CC1. The van der Waals surface area contributed by atoms with Crippen molar-refractivity contribution in [1.29, 1.82) is 0 Å². The zero-order chi connectivity index (χ0) is 13.9. The molecule has 0 aromatic carbocycles. The van der Waals surface area contributed by atoms with E-state index in [-0.39, 0.29) is 11.9 Å². The highest BCUT2D eigenvalue weighted by Gasteiger charge is 2.38. The van der Waals surface area contributed by atoms with Crippen LogP contribution in [0.3, 0.4) is 0 Å². The van der Waals surface area contributed by atoms with Crippen LogP contribution >= 0.6 is 0 Å². The van der Waals surface area contributed by atoms with Crippen molar-refractivity contribution < 1.29 is 4.79 Å². The predicted molar refractivity (Wildman–Crippen MR) is 80.6 cm³/mol. The Morgan fingerprint density at radius 1 is 1.20 bits per heavy atom. The lowest BCUT2D eigenvalue weighted by Gasteiger charge is -2.32. The third-order valence-electron chi connectivity index (χ3n) is 5.56. The minimum atomic E-state index is 0.0762. The number of amides is 1. The predicted octanol–water partition coefficient (Wildman–Crippen LogP) is 1.51. The molecule has 1 aliphatic carbocycles. The lowest BCUT2D eigenvalue weighted by molar-refractivity contribution is -0.123. The molecule has 4 nitrogen and oxygen atoms in total. The fraction of sp³-hybridized carbons (Fsp3) is 0.938. The number of hydrogen-bond donors (Lipinski definition) is 2. The molecule has 4 heteroatoms. The van der Waals surface area contributed by atoms with Gasteiger partial charge in [-0.3, -0.25) is 4.79 Å². The molecule has 0 aromatic heterocycles. The molecule has 0 spiro atoms. The Bertz CT molecular complexity index is 325. The van der Waals surface area contributed by atoms with Gasteiger partial charge in [0.05, 0.1) is 6.04 Å². The average Bonchev–Trinajstić information content (AvgIpc) is 2.92. The monoisotopic (exact) mass is 279 g/mol. The molecule has 2 aliphatic heterocycles. The van der Waals surface area contributed by atoms with Gasteiger partial charge in [-0.2, -0.15) is 0 Å². The molecule has 20 heavy (non-hydrogen) atoms. The topological polar surface area (TPSA) is 44.4 Å². The van der Waals surface area contributed by atoms with E-state index < -0.39 is 0 Å². The van der Waals surface area contributed by atoms with Crippen LogP contribution in [0.2, 0.25) is 0 Å². The van der Waals surface area contributed by atoms with E-state index in [2.05, 4.69) is 22.5 Å². The van der Waals surface area contributed by atoms with Gasteiger partial charge in [0, 0.05) is 25.2 Å². The lowest BCUT2D eigenvalue weighted by Crippen LogP contribution is -2.50. The molecule has 2 N–H and O–H groups in total. The zero-order valence-electron chi connectivity index (χ0n) is 12.7. The third kappa shape index (κ3) is 3.17. The molecule has 3 fully saturated rings. The van der Waals surface area contributed by atoms with Crippen LogP contribution in [0.25, 0.3) is 0 Å². The number of piperidine rings is 1. The number of carbonyl (C=O) groups excluding carboxylic acids is 1. The maximum absolute atomic E-state index is 12.4. The molecule has 3 unspecified atom stereocenters. The minimum absolute atomic E-state index is 0.0762. The van der Waals surface area contributed by atoms with Gasteiger partial charge in [-0.05, 0) is 44.6 Å². The summed E-state index contributed by atoms with van der Waals surface area (Å²) in [5.74, 6) is 1.01. The number of nitrogens with zero attached hydrogens (tertiary/aromatic N) is 1. The fourth-order valence-corrected chi connectivity index (χ4v) is 4.22. The summed E-state index contributed by atoms with van der Waals surface area (Å²) in [5.41, 5.74) is 0. The molecule has 1 saturated carbocycles. The highest BCUT2D eigenvalue weighted by atomic mass is 16.2. The standard InChI is InChI=1S/C16H29N3O/c1-2-19-9-7-13(8-10-19)17-16(20)15-11-12-5-3-4-6-14(12)18-15/h12-15,18H,2-11H2,1H3,(H,17,20). The van der Waals surface area contributed by atoms with Crippen molar-refractivity contribution in [3.05, 3.63) is 0 Å². The summed E-state index contributed by atoms with van der Waals surface area (Å²) in [7, 11) is 0. The Kier molecular flexibility index (Phi) is 4.61. The summed E-state index contributed by atoms with van der Waals surface area (Å²) in [5, 5.41) is 6.87. The molecule has 0 aromatic rings. The molecule has 3 aliphatic rings. The number of nitrogens with one attached hydrogen (secondary N) is 2. The van der Waals surface area contributed by atoms with E-state index in [1.807, 2.05) is 0 Å². The Hall–Kier alpha value is -0.610. The normalized spacial score (nSPS) is 35.8. The highest BCUT2D eigenvalue weighted by Crippen LogP contribution is 2.33. The van der Waals surface area contributed by atoms with Crippen molar-refractivity contribution in [2.24, 2.45) is 5.92 Å². The average molecular weight is 279 g/mol. The van der Waals surface area contributed by atoms with Crippen molar-refractivity contribution in [2.75, 3.05) is 19.6 Å². The maximum atomic E-state index is 12.4. The van der Waals surface area contributed by atoms with Crippen molar-refractivity contribution in [3.8, 4) is 0 Å². The quantitative estimate of drug-likeness (QED) is 0.823. The first-order valence-electron chi connectivity index (χ1n) is 8.55. The Morgan fingerprint density at radius 2 is 1.95 bits per heavy atom. The molecule has 3 rings (SSSR count).